The zero-order valence-electron chi connectivity index (χ0n) is 10.7. The fourth-order valence-electron chi connectivity index (χ4n) is 1.91. The van der Waals surface area contributed by atoms with Crippen LogP contribution in [0.15, 0.2) is 55.1 Å². The van der Waals surface area contributed by atoms with Gasteiger partial charge in [-0.2, -0.15) is 0 Å². The lowest BCUT2D eigenvalue weighted by Gasteiger charge is -2.08. The highest BCUT2D eigenvalue weighted by Gasteiger charge is 2.13. The van der Waals surface area contributed by atoms with Gasteiger partial charge >= 0.3 is 0 Å². The van der Waals surface area contributed by atoms with Crippen LogP contribution < -0.4 is 0 Å². The van der Waals surface area contributed by atoms with Gasteiger partial charge in [0.15, 0.2) is 5.78 Å². The normalized spacial score (nSPS) is 10.1. The first-order valence-corrected chi connectivity index (χ1v) is 5.96. The molecule has 0 unspecified atom stereocenters. The van der Waals surface area contributed by atoms with Crippen LogP contribution in [0.25, 0.3) is 5.57 Å². The van der Waals surface area contributed by atoms with Crippen molar-refractivity contribution >= 4 is 11.4 Å². The molecule has 0 aliphatic heterocycles. The number of Topliss-reactive ketones (excluding diaryl/α,β-unsaturated/α-hetero) is 1. The topological polar surface area (TPSA) is 17.1 Å². The van der Waals surface area contributed by atoms with Gasteiger partial charge in [0.2, 0.25) is 0 Å². The molecule has 0 atom stereocenters. The fourth-order valence-corrected chi connectivity index (χ4v) is 1.91. The smallest absolute Gasteiger partial charge is 0.193 e. The zero-order chi connectivity index (χ0) is 13.1. The molecule has 0 aromatic heterocycles. The Bertz CT molecular complexity index is 591. The van der Waals surface area contributed by atoms with E-state index in [2.05, 4.69) is 6.58 Å². The van der Waals surface area contributed by atoms with Crippen LogP contribution in [0.2, 0.25) is 0 Å². The molecule has 0 saturated carbocycles. The zero-order valence-corrected chi connectivity index (χ0v) is 10.7. The summed E-state index contributed by atoms with van der Waals surface area (Å²) >= 11 is 0. The molecule has 18 heavy (non-hydrogen) atoms. The highest BCUT2D eigenvalue weighted by Crippen LogP contribution is 2.21. The monoisotopic (exact) mass is 236 g/mol. The predicted molar refractivity (Wildman–Crippen MR) is 75.7 cm³/mol. The van der Waals surface area contributed by atoms with Crippen molar-refractivity contribution < 1.29 is 4.79 Å². The van der Waals surface area contributed by atoms with Crippen LogP contribution in [0.3, 0.4) is 0 Å². The summed E-state index contributed by atoms with van der Waals surface area (Å²) in [5, 5.41) is 0. The molecule has 0 aliphatic carbocycles. The molecule has 0 radical (unpaired) electrons. The van der Waals surface area contributed by atoms with Crippen molar-refractivity contribution in [2.45, 2.75) is 13.8 Å². The van der Waals surface area contributed by atoms with E-state index in [1.54, 1.807) is 0 Å². The number of carbonyl (C=O) groups is 1. The minimum atomic E-state index is -0.00991. The maximum absolute atomic E-state index is 12.3. The molecular formula is C17H16O. The molecule has 90 valence electrons. The van der Waals surface area contributed by atoms with Crippen LogP contribution in [0.1, 0.15) is 27.0 Å². The lowest BCUT2D eigenvalue weighted by molar-refractivity contribution is 0.105. The van der Waals surface area contributed by atoms with E-state index in [1.807, 2.05) is 62.4 Å². The molecule has 0 amide bonds. The van der Waals surface area contributed by atoms with E-state index >= 15 is 0 Å². The van der Waals surface area contributed by atoms with E-state index in [4.69, 9.17) is 0 Å². The summed E-state index contributed by atoms with van der Waals surface area (Å²) in [6, 6.07) is 15.4. The average molecular weight is 236 g/mol. The van der Waals surface area contributed by atoms with Crippen molar-refractivity contribution in [1.29, 1.82) is 0 Å². The van der Waals surface area contributed by atoms with Gasteiger partial charge in [0, 0.05) is 11.1 Å². The van der Waals surface area contributed by atoms with Gasteiger partial charge < -0.3 is 0 Å². The number of hydrogen-bond acceptors (Lipinski definition) is 1. The molecule has 2 rings (SSSR count). The Kier molecular flexibility index (Phi) is 3.42. The molecule has 0 N–H and O–H groups in total. The van der Waals surface area contributed by atoms with Gasteiger partial charge in [-0.05, 0) is 25.0 Å². The first-order chi connectivity index (χ1) is 8.59. The summed E-state index contributed by atoms with van der Waals surface area (Å²) in [4.78, 5) is 12.3. The number of rotatable bonds is 3. The van der Waals surface area contributed by atoms with Crippen molar-refractivity contribution in [2.75, 3.05) is 0 Å². The van der Waals surface area contributed by atoms with Gasteiger partial charge in [0.05, 0.1) is 0 Å². The summed E-state index contributed by atoms with van der Waals surface area (Å²) in [7, 11) is 0. The van der Waals surface area contributed by atoms with Crippen molar-refractivity contribution in [2.24, 2.45) is 0 Å². The van der Waals surface area contributed by atoms with E-state index < -0.39 is 0 Å². The third-order valence-corrected chi connectivity index (χ3v) is 3.06. The maximum Gasteiger partial charge on any atom is 0.193 e. The van der Waals surface area contributed by atoms with Crippen LogP contribution in [-0.2, 0) is 0 Å². The summed E-state index contributed by atoms with van der Waals surface area (Å²) in [5.74, 6) is -0.00991. The van der Waals surface area contributed by atoms with Gasteiger partial charge in [0.1, 0.15) is 0 Å². The number of allylic oxidation sites excluding steroid dienone is 1. The maximum atomic E-state index is 12.3. The second kappa shape index (κ2) is 5.01. The molecule has 2 aromatic carbocycles. The van der Waals surface area contributed by atoms with E-state index in [0.717, 1.165) is 16.7 Å². The Labute approximate surface area is 108 Å². The third kappa shape index (κ3) is 2.40. The SMILES string of the molecule is C=C(C(=O)c1ccc(C)cc1)c1ccccc1C. The third-order valence-electron chi connectivity index (χ3n) is 3.06. The number of ketones is 1. The fraction of sp³-hybridized carbons (Fsp3) is 0.118. The molecule has 0 heterocycles. The summed E-state index contributed by atoms with van der Waals surface area (Å²) in [5.41, 5.74) is 4.38. The van der Waals surface area contributed by atoms with Crippen LogP contribution >= 0.6 is 0 Å². The average Bonchev–Trinajstić information content (AvgIpc) is 2.38. The molecule has 1 heteroatoms. The van der Waals surface area contributed by atoms with Crippen LogP contribution in [0.4, 0.5) is 0 Å². The number of carbonyl (C=O) groups excluding carboxylic acids is 1. The Morgan fingerprint density at radius 1 is 0.944 bits per heavy atom. The number of benzene rings is 2. The van der Waals surface area contributed by atoms with E-state index in [9.17, 15) is 4.79 Å². The van der Waals surface area contributed by atoms with Gasteiger partial charge in [-0.25, -0.2) is 0 Å². The molecule has 0 bridgehead atoms. The minimum Gasteiger partial charge on any atom is -0.289 e. The number of aryl methyl sites for hydroxylation is 2. The molecule has 0 aliphatic rings. The highest BCUT2D eigenvalue weighted by molar-refractivity contribution is 6.28. The predicted octanol–water partition coefficient (Wildman–Crippen LogP) is 4.20. The van der Waals surface area contributed by atoms with Crippen LogP contribution in [0, 0.1) is 13.8 Å². The Morgan fingerprint density at radius 2 is 1.56 bits per heavy atom. The summed E-state index contributed by atoms with van der Waals surface area (Å²) < 4.78 is 0. The highest BCUT2D eigenvalue weighted by atomic mass is 16.1. The van der Waals surface area contributed by atoms with Gasteiger partial charge in [-0.15, -0.1) is 0 Å². The van der Waals surface area contributed by atoms with Gasteiger partial charge in [0.25, 0.3) is 0 Å². The van der Waals surface area contributed by atoms with E-state index in [1.165, 1.54) is 0 Å². The Hall–Kier alpha value is -2.15. The standard InChI is InChI=1S/C17H16O/c1-12-8-10-15(11-9-12)17(18)14(3)16-7-5-4-6-13(16)2/h4-11H,3H2,1-2H3. The molecule has 0 spiro atoms. The first kappa shape index (κ1) is 12.3. The lowest BCUT2D eigenvalue weighted by Crippen LogP contribution is -2.02. The molecule has 0 fully saturated rings. The van der Waals surface area contributed by atoms with Gasteiger partial charge in [-0.3, -0.25) is 4.79 Å². The summed E-state index contributed by atoms with van der Waals surface area (Å²) in [6.07, 6.45) is 0. The molecule has 0 saturated heterocycles. The first-order valence-electron chi connectivity index (χ1n) is 5.96. The quantitative estimate of drug-likeness (QED) is 0.576. The van der Waals surface area contributed by atoms with E-state index in [-0.39, 0.29) is 5.78 Å². The Balaban J connectivity index is 2.33. The molecule has 1 nitrogen and oxygen atoms in total. The van der Waals surface area contributed by atoms with Crippen molar-refractivity contribution in [3.63, 3.8) is 0 Å². The molecule has 2 aromatic rings. The van der Waals surface area contributed by atoms with Gasteiger partial charge in [-0.1, -0.05) is 60.7 Å². The lowest BCUT2D eigenvalue weighted by atomic mass is 9.95. The second-order valence-electron chi connectivity index (χ2n) is 4.49. The van der Waals surface area contributed by atoms with Crippen LogP contribution in [-0.4, -0.2) is 5.78 Å². The largest absolute Gasteiger partial charge is 0.289 e. The molecular weight excluding hydrogens is 220 g/mol. The second-order valence-corrected chi connectivity index (χ2v) is 4.49. The van der Waals surface area contributed by atoms with Crippen molar-refractivity contribution in [3.8, 4) is 0 Å². The van der Waals surface area contributed by atoms with Crippen LogP contribution in [0.5, 0.6) is 0 Å². The minimum absolute atomic E-state index is 0.00991. The Morgan fingerprint density at radius 3 is 2.17 bits per heavy atom. The van der Waals surface area contributed by atoms with E-state index in [0.29, 0.717) is 11.1 Å². The summed E-state index contributed by atoms with van der Waals surface area (Å²) in [6.45, 7) is 7.93. The van der Waals surface area contributed by atoms with Crippen molar-refractivity contribution in [3.05, 3.63) is 77.4 Å². The van der Waals surface area contributed by atoms with Crippen molar-refractivity contribution in [1.82, 2.24) is 0 Å². The number of hydrogen-bond donors (Lipinski definition) is 0.